The summed E-state index contributed by atoms with van der Waals surface area (Å²) in [6.07, 6.45) is 1.72. The van der Waals surface area contributed by atoms with Gasteiger partial charge in [-0.05, 0) is 12.0 Å². The highest BCUT2D eigenvalue weighted by Gasteiger charge is 2.21. The molecule has 4 nitrogen and oxygen atoms in total. The van der Waals surface area contributed by atoms with E-state index in [-0.39, 0.29) is 11.5 Å². The summed E-state index contributed by atoms with van der Waals surface area (Å²) < 4.78 is 15.3. The second-order valence-electron chi connectivity index (χ2n) is 4.72. The van der Waals surface area contributed by atoms with Crippen LogP contribution >= 0.6 is 0 Å². The molecule has 5 heteroatoms. The first kappa shape index (κ1) is 13.3. The van der Waals surface area contributed by atoms with Gasteiger partial charge in [0.15, 0.2) is 0 Å². The first-order valence-electron chi connectivity index (χ1n) is 5.97. The Hall–Kier alpha value is -2.17. The van der Waals surface area contributed by atoms with Gasteiger partial charge in [0.1, 0.15) is 11.4 Å². The molecule has 2 aromatic rings. The van der Waals surface area contributed by atoms with Crippen molar-refractivity contribution in [2.45, 2.75) is 19.8 Å². The molecule has 1 aromatic carbocycles. The number of carboxylic acids is 1. The molecule has 1 heterocycles. The fraction of sp³-hybridized carbons (Fsp3) is 0.286. The third-order valence-electron chi connectivity index (χ3n) is 2.92. The fourth-order valence-corrected chi connectivity index (χ4v) is 2.11. The number of benzene rings is 1. The molecule has 0 saturated heterocycles. The molecule has 0 amide bonds. The Balaban J connectivity index is 2.72. The predicted molar refractivity (Wildman–Crippen MR) is 69.7 cm³/mol. The molecule has 1 aromatic heterocycles. The molecule has 0 aliphatic carbocycles. The van der Waals surface area contributed by atoms with Gasteiger partial charge in [0, 0.05) is 24.4 Å². The highest BCUT2D eigenvalue weighted by Crippen LogP contribution is 2.31. The van der Waals surface area contributed by atoms with Crippen molar-refractivity contribution in [3.05, 3.63) is 41.5 Å². The van der Waals surface area contributed by atoms with Gasteiger partial charge in [-0.25, -0.2) is 9.18 Å². The van der Waals surface area contributed by atoms with Crippen molar-refractivity contribution >= 4 is 5.97 Å². The van der Waals surface area contributed by atoms with Crippen LogP contribution in [0.5, 0.6) is 0 Å². The van der Waals surface area contributed by atoms with Crippen LogP contribution in [-0.2, 0) is 7.05 Å². The SMILES string of the molecule is CC(C)c1nn(C)cc1-c1cccc(F)c1C(=O)O. The van der Waals surface area contributed by atoms with E-state index >= 15 is 0 Å². The number of aromatic nitrogens is 2. The van der Waals surface area contributed by atoms with Gasteiger partial charge >= 0.3 is 5.97 Å². The van der Waals surface area contributed by atoms with E-state index in [4.69, 9.17) is 0 Å². The first-order valence-corrected chi connectivity index (χ1v) is 5.97. The van der Waals surface area contributed by atoms with Crippen LogP contribution in [0.15, 0.2) is 24.4 Å². The van der Waals surface area contributed by atoms with E-state index in [0.717, 1.165) is 11.8 Å². The summed E-state index contributed by atoms with van der Waals surface area (Å²) in [6.45, 7) is 3.93. The quantitative estimate of drug-likeness (QED) is 0.924. The zero-order chi connectivity index (χ0) is 14.2. The molecular formula is C14H15FN2O2. The topological polar surface area (TPSA) is 55.1 Å². The van der Waals surface area contributed by atoms with Gasteiger partial charge in [0.05, 0.1) is 5.69 Å². The predicted octanol–water partition coefficient (Wildman–Crippen LogP) is 3.05. The van der Waals surface area contributed by atoms with Crippen molar-refractivity contribution in [2.75, 3.05) is 0 Å². The van der Waals surface area contributed by atoms with Gasteiger partial charge in [-0.1, -0.05) is 26.0 Å². The summed E-state index contributed by atoms with van der Waals surface area (Å²) in [6, 6.07) is 4.27. The van der Waals surface area contributed by atoms with Crippen LogP contribution in [0.3, 0.4) is 0 Å². The van der Waals surface area contributed by atoms with E-state index in [0.29, 0.717) is 11.1 Å². The monoisotopic (exact) mass is 262 g/mol. The largest absolute Gasteiger partial charge is 0.478 e. The summed E-state index contributed by atoms with van der Waals surface area (Å²) in [4.78, 5) is 11.2. The molecule has 0 aliphatic rings. The fourth-order valence-electron chi connectivity index (χ4n) is 2.11. The van der Waals surface area contributed by atoms with Gasteiger partial charge in [-0.2, -0.15) is 5.10 Å². The lowest BCUT2D eigenvalue weighted by atomic mass is 9.96. The first-order chi connectivity index (χ1) is 8.91. The number of rotatable bonds is 3. The highest BCUT2D eigenvalue weighted by molar-refractivity contribution is 5.96. The Bertz CT molecular complexity index is 632. The van der Waals surface area contributed by atoms with Gasteiger partial charge < -0.3 is 5.11 Å². The number of aryl methyl sites for hydroxylation is 1. The molecule has 0 unspecified atom stereocenters. The van der Waals surface area contributed by atoms with Gasteiger partial charge in [0.2, 0.25) is 0 Å². The Morgan fingerprint density at radius 1 is 1.37 bits per heavy atom. The molecule has 0 spiro atoms. The second-order valence-corrected chi connectivity index (χ2v) is 4.72. The van der Waals surface area contributed by atoms with Crippen LogP contribution in [0.4, 0.5) is 4.39 Å². The molecule has 0 saturated carbocycles. The minimum absolute atomic E-state index is 0.126. The van der Waals surface area contributed by atoms with Crippen molar-refractivity contribution in [1.82, 2.24) is 9.78 Å². The van der Waals surface area contributed by atoms with E-state index in [1.807, 2.05) is 13.8 Å². The average Bonchev–Trinajstić information content (AvgIpc) is 2.70. The number of hydrogen-bond acceptors (Lipinski definition) is 2. The van der Waals surface area contributed by atoms with Crippen LogP contribution in [0, 0.1) is 5.82 Å². The number of carboxylic acid groups (broad SMARTS) is 1. The molecule has 0 atom stereocenters. The van der Waals surface area contributed by atoms with Crippen molar-refractivity contribution in [1.29, 1.82) is 0 Å². The summed E-state index contributed by atoms with van der Waals surface area (Å²) in [5.74, 6) is -1.88. The molecule has 0 bridgehead atoms. The lowest BCUT2D eigenvalue weighted by Gasteiger charge is -2.09. The lowest BCUT2D eigenvalue weighted by Crippen LogP contribution is -2.04. The summed E-state index contributed by atoms with van der Waals surface area (Å²) in [5.41, 5.74) is 1.48. The molecule has 1 N–H and O–H groups in total. The molecule has 19 heavy (non-hydrogen) atoms. The van der Waals surface area contributed by atoms with Crippen molar-refractivity contribution in [3.8, 4) is 11.1 Å². The number of aromatic carboxylic acids is 1. The van der Waals surface area contributed by atoms with Crippen LogP contribution in [0.2, 0.25) is 0 Å². The number of carbonyl (C=O) groups is 1. The van der Waals surface area contributed by atoms with E-state index in [1.165, 1.54) is 6.07 Å². The molecule has 0 fully saturated rings. The maximum absolute atomic E-state index is 13.7. The van der Waals surface area contributed by atoms with Gasteiger partial charge in [-0.3, -0.25) is 4.68 Å². The third kappa shape index (κ3) is 2.36. The Morgan fingerprint density at radius 3 is 2.63 bits per heavy atom. The molecule has 100 valence electrons. The Kier molecular flexibility index (Phi) is 3.38. The van der Waals surface area contributed by atoms with Crippen molar-refractivity contribution in [2.24, 2.45) is 7.05 Å². The number of halogens is 1. The zero-order valence-corrected chi connectivity index (χ0v) is 11.0. The Morgan fingerprint density at radius 2 is 2.05 bits per heavy atom. The van der Waals surface area contributed by atoms with Gasteiger partial charge in [-0.15, -0.1) is 0 Å². The van der Waals surface area contributed by atoms with E-state index in [9.17, 15) is 14.3 Å². The minimum atomic E-state index is -1.27. The smallest absolute Gasteiger partial charge is 0.339 e. The molecule has 2 rings (SSSR count). The Labute approximate surface area is 110 Å². The lowest BCUT2D eigenvalue weighted by molar-refractivity contribution is 0.0693. The summed E-state index contributed by atoms with van der Waals surface area (Å²) in [5, 5.41) is 13.5. The standard InChI is InChI=1S/C14H15FN2O2/c1-8(2)13-10(7-17(3)16-13)9-5-4-6-11(15)12(9)14(18)19/h4-8H,1-3H3,(H,18,19). The van der Waals surface area contributed by atoms with Crippen LogP contribution < -0.4 is 0 Å². The molecule has 0 aliphatic heterocycles. The summed E-state index contributed by atoms with van der Waals surface area (Å²) >= 11 is 0. The van der Waals surface area contributed by atoms with Gasteiger partial charge in [0.25, 0.3) is 0 Å². The minimum Gasteiger partial charge on any atom is -0.478 e. The maximum atomic E-state index is 13.7. The number of nitrogens with zero attached hydrogens (tertiary/aromatic N) is 2. The summed E-state index contributed by atoms with van der Waals surface area (Å²) in [7, 11) is 1.76. The maximum Gasteiger partial charge on any atom is 0.339 e. The van der Waals surface area contributed by atoms with Crippen LogP contribution in [0.25, 0.3) is 11.1 Å². The molecule has 0 radical (unpaired) electrons. The van der Waals surface area contributed by atoms with E-state index < -0.39 is 11.8 Å². The zero-order valence-electron chi connectivity index (χ0n) is 11.0. The number of hydrogen-bond donors (Lipinski definition) is 1. The average molecular weight is 262 g/mol. The second kappa shape index (κ2) is 4.84. The normalized spacial score (nSPS) is 11.0. The van der Waals surface area contributed by atoms with Crippen LogP contribution in [-0.4, -0.2) is 20.9 Å². The van der Waals surface area contributed by atoms with Crippen molar-refractivity contribution < 1.29 is 14.3 Å². The van der Waals surface area contributed by atoms with Crippen LogP contribution in [0.1, 0.15) is 35.8 Å². The van der Waals surface area contributed by atoms with E-state index in [1.54, 1.807) is 24.0 Å². The third-order valence-corrected chi connectivity index (χ3v) is 2.92. The van der Waals surface area contributed by atoms with E-state index in [2.05, 4.69) is 5.10 Å². The van der Waals surface area contributed by atoms with Crippen molar-refractivity contribution in [3.63, 3.8) is 0 Å². The highest BCUT2D eigenvalue weighted by atomic mass is 19.1. The molecular weight excluding hydrogens is 247 g/mol.